The standard InChI is InChI=1S/C8H14N2O/c1-10-3-2-6-4-8(10,5-6)7(9)11/h6H,2-5H2,1H3,(H2,9,11). The van der Waals surface area contributed by atoms with E-state index in [4.69, 9.17) is 5.73 Å². The highest BCUT2D eigenvalue weighted by Gasteiger charge is 2.54. The third-order valence-electron chi connectivity index (χ3n) is 3.31. The lowest BCUT2D eigenvalue weighted by molar-refractivity contribution is -0.146. The summed E-state index contributed by atoms with van der Waals surface area (Å²) >= 11 is 0. The van der Waals surface area contributed by atoms with Gasteiger partial charge < -0.3 is 5.73 Å². The molecule has 2 heterocycles. The maximum Gasteiger partial charge on any atom is 0.237 e. The van der Waals surface area contributed by atoms with E-state index in [9.17, 15) is 4.79 Å². The fraction of sp³-hybridized carbons (Fsp3) is 0.875. The SMILES string of the molecule is CN1CCC2CC1(C(N)=O)C2. The number of fused-ring (bicyclic) bond motifs is 2. The van der Waals surface area contributed by atoms with Crippen LogP contribution in [0.2, 0.25) is 0 Å². The van der Waals surface area contributed by atoms with Gasteiger partial charge in [-0.3, -0.25) is 9.69 Å². The minimum atomic E-state index is -0.247. The molecule has 3 rings (SSSR count). The second kappa shape index (κ2) is 1.97. The van der Waals surface area contributed by atoms with Crippen LogP contribution < -0.4 is 5.73 Å². The van der Waals surface area contributed by atoms with Crippen molar-refractivity contribution in [2.75, 3.05) is 13.6 Å². The number of carbonyl (C=O) groups excluding carboxylic acids is 1. The first-order valence-electron chi connectivity index (χ1n) is 4.16. The zero-order valence-corrected chi connectivity index (χ0v) is 6.84. The molecular weight excluding hydrogens is 140 g/mol. The summed E-state index contributed by atoms with van der Waals surface area (Å²) in [5.74, 6) is 0.648. The lowest BCUT2D eigenvalue weighted by Gasteiger charge is -2.55. The van der Waals surface area contributed by atoms with Crippen LogP contribution in [0.15, 0.2) is 0 Å². The zero-order chi connectivity index (χ0) is 8.06. The Morgan fingerprint density at radius 1 is 1.64 bits per heavy atom. The van der Waals surface area contributed by atoms with Gasteiger partial charge in [-0.05, 0) is 38.8 Å². The van der Waals surface area contributed by atoms with Gasteiger partial charge >= 0.3 is 0 Å². The summed E-state index contributed by atoms with van der Waals surface area (Å²) in [6, 6.07) is 0. The molecule has 3 fully saturated rings. The Morgan fingerprint density at radius 2 is 2.27 bits per heavy atom. The molecule has 3 aliphatic rings. The molecule has 62 valence electrons. The first kappa shape index (κ1) is 7.10. The zero-order valence-electron chi connectivity index (χ0n) is 6.84. The van der Waals surface area contributed by atoms with Crippen molar-refractivity contribution in [1.82, 2.24) is 4.90 Å². The van der Waals surface area contributed by atoms with Crippen LogP contribution in [0.25, 0.3) is 0 Å². The van der Waals surface area contributed by atoms with Gasteiger partial charge in [0.15, 0.2) is 0 Å². The van der Waals surface area contributed by atoms with E-state index in [1.165, 1.54) is 6.42 Å². The van der Waals surface area contributed by atoms with Crippen molar-refractivity contribution >= 4 is 5.91 Å². The number of hydrogen-bond acceptors (Lipinski definition) is 2. The van der Waals surface area contributed by atoms with Gasteiger partial charge in [-0.25, -0.2) is 0 Å². The number of rotatable bonds is 1. The molecule has 1 amide bonds. The predicted octanol–water partition coefficient (Wildman–Crippen LogP) is -0.0440. The smallest absolute Gasteiger partial charge is 0.237 e. The van der Waals surface area contributed by atoms with Crippen LogP contribution >= 0.6 is 0 Å². The van der Waals surface area contributed by atoms with E-state index >= 15 is 0 Å². The van der Waals surface area contributed by atoms with E-state index in [2.05, 4.69) is 4.90 Å². The van der Waals surface area contributed by atoms with Crippen molar-refractivity contribution in [2.24, 2.45) is 11.7 Å². The molecule has 2 N–H and O–H groups in total. The van der Waals surface area contributed by atoms with Gasteiger partial charge in [-0.15, -0.1) is 0 Å². The van der Waals surface area contributed by atoms with Gasteiger partial charge in [0.05, 0.1) is 0 Å². The molecule has 0 radical (unpaired) electrons. The van der Waals surface area contributed by atoms with Crippen LogP contribution in [0.5, 0.6) is 0 Å². The molecule has 0 aromatic rings. The molecule has 1 saturated carbocycles. The van der Waals surface area contributed by atoms with Crippen molar-refractivity contribution < 1.29 is 4.79 Å². The van der Waals surface area contributed by atoms with Crippen LogP contribution in [-0.2, 0) is 4.79 Å². The number of amides is 1. The fourth-order valence-electron chi connectivity index (χ4n) is 2.39. The van der Waals surface area contributed by atoms with E-state index in [0.29, 0.717) is 0 Å². The first-order valence-corrected chi connectivity index (χ1v) is 4.16. The molecule has 11 heavy (non-hydrogen) atoms. The lowest BCUT2D eigenvalue weighted by atomic mass is 9.62. The third-order valence-corrected chi connectivity index (χ3v) is 3.31. The minimum Gasteiger partial charge on any atom is -0.368 e. The number of likely N-dealkylation sites (N-methyl/N-ethyl adjacent to an activating group) is 1. The summed E-state index contributed by atoms with van der Waals surface area (Å²) in [5, 5.41) is 0. The van der Waals surface area contributed by atoms with E-state index in [0.717, 1.165) is 25.3 Å². The fourth-order valence-corrected chi connectivity index (χ4v) is 2.39. The van der Waals surface area contributed by atoms with E-state index in [1.54, 1.807) is 0 Å². The second-order valence-electron chi connectivity index (χ2n) is 3.88. The quantitative estimate of drug-likeness (QED) is 0.576. The van der Waals surface area contributed by atoms with Crippen LogP contribution in [0.1, 0.15) is 19.3 Å². The van der Waals surface area contributed by atoms with Gasteiger partial charge in [0.25, 0.3) is 0 Å². The largest absolute Gasteiger partial charge is 0.368 e. The third kappa shape index (κ3) is 0.745. The molecule has 0 unspecified atom stereocenters. The van der Waals surface area contributed by atoms with Crippen molar-refractivity contribution in [1.29, 1.82) is 0 Å². The molecule has 2 aliphatic heterocycles. The van der Waals surface area contributed by atoms with E-state index in [1.807, 2.05) is 7.05 Å². The molecule has 3 nitrogen and oxygen atoms in total. The van der Waals surface area contributed by atoms with Crippen LogP contribution in [0.4, 0.5) is 0 Å². The Morgan fingerprint density at radius 3 is 2.64 bits per heavy atom. The average molecular weight is 154 g/mol. The molecule has 1 aliphatic carbocycles. The summed E-state index contributed by atoms with van der Waals surface area (Å²) in [5.41, 5.74) is 5.10. The maximum absolute atomic E-state index is 11.1. The summed E-state index contributed by atoms with van der Waals surface area (Å²) in [6.07, 6.45) is 3.24. The highest BCUT2D eigenvalue weighted by atomic mass is 16.1. The Bertz CT molecular complexity index is 196. The topological polar surface area (TPSA) is 46.3 Å². The lowest BCUT2D eigenvalue weighted by Crippen LogP contribution is -2.67. The molecule has 0 spiro atoms. The number of nitrogens with zero attached hydrogens (tertiary/aromatic N) is 1. The number of primary amides is 1. The number of piperidine rings is 2. The van der Waals surface area contributed by atoms with Crippen LogP contribution in [0, 0.1) is 5.92 Å². The minimum absolute atomic E-state index is 0.129. The molecular formula is C8H14N2O. The Labute approximate surface area is 66.5 Å². The monoisotopic (exact) mass is 154 g/mol. The highest BCUT2D eigenvalue weighted by Crippen LogP contribution is 2.47. The van der Waals surface area contributed by atoms with Crippen LogP contribution in [0.3, 0.4) is 0 Å². The summed E-state index contributed by atoms with van der Waals surface area (Å²) in [6.45, 7) is 1.04. The summed E-state index contributed by atoms with van der Waals surface area (Å²) in [7, 11) is 2.00. The first-order chi connectivity index (χ1) is 5.15. The van der Waals surface area contributed by atoms with Crippen molar-refractivity contribution in [3.8, 4) is 0 Å². The Balaban J connectivity index is 2.19. The number of carbonyl (C=O) groups is 1. The van der Waals surface area contributed by atoms with E-state index < -0.39 is 0 Å². The molecule has 0 aromatic carbocycles. The Hall–Kier alpha value is -0.570. The van der Waals surface area contributed by atoms with Gasteiger partial charge in [0, 0.05) is 0 Å². The normalized spacial score (nSPS) is 43.2. The van der Waals surface area contributed by atoms with E-state index in [-0.39, 0.29) is 11.4 Å². The molecule has 2 bridgehead atoms. The van der Waals surface area contributed by atoms with Crippen molar-refractivity contribution in [2.45, 2.75) is 24.8 Å². The van der Waals surface area contributed by atoms with Crippen LogP contribution in [-0.4, -0.2) is 29.9 Å². The maximum atomic E-state index is 11.1. The molecule has 3 heteroatoms. The summed E-state index contributed by atoms with van der Waals surface area (Å²) in [4.78, 5) is 13.2. The number of nitrogens with two attached hydrogens (primary N) is 1. The predicted molar refractivity (Wildman–Crippen MR) is 41.9 cm³/mol. The van der Waals surface area contributed by atoms with Crippen molar-refractivity contribution in [3.63, 3.8) is 0 Å². The summed E-state index contributed by atoms with van der Waals surface area (Å²) < 4.78 is 0. The van der Waals surface area contributed by atoms with Gasteiger partial charge in [0.2, 0.25) is 5.91 Å². The average Bonchev–Trinajstić information content (AvgIpc) is 1.84. The number of hydrogen-bond donors (Lipinski definition) is 1. The van der Waals surface area contributed by atoms with Gasteiger partial charge in [0.1, 0.15) is 5.54 Å². The molecule has 0 aromatic heterocycles. The Kier molecular flexibility index (Phi) is 1.27. The van der Waals surface area contributed by atoms with Gasteiger partial charge in [-0.2, -0.15) is 0 Å². The molecule has 0 atom stereocenters. The highest BCUT2D eigenvalue weighted by molar-refractivity contribution is 5.86. The second-order valence-corrected chi connectivity index (χ2v) is 3.88. The van der Waals surface area contributed by atoms with Crippen molar-refractivity contribution in [3.05, 3.63) is 0 Å². The van der Waals surface area contributed by atoms with Gasteiger partial charge in [-0.1, -0.05) is 0 Å². The molecule has 2 saturated heterocycles.